The molecule has 0 unspecified atom stereocenters. The third-order valence-corrected chi connectivity index (χ3v) is 3.81. The number of amides is 2. The standard InChI is InChI=1S/C18H18Cl2N2O3/c19-13-6-7-16(20)15(12-13)18(24)22-10-9-21-17(23)8-11-25-14-4-2-1-3-5-14/h1-7,12H,8-11H2,(H,21,23)(H,22,24). The molecule has 0 atom stereocenters. The molecular formula is C18H18Cl2N2O3. The van der Waals surface area contributed by atoms with E-state index in [2.05, 4.69) is 10.6 Å². The lowest BCUT2D eigenvalue weighted by molar-refractivity contribution is -0.121. The fourth-order valence-corrected chi connectivity index (χ4v) is 2.39. The number of carbonyl (C=O) groups excluding carboxylic acids is 2. The van der Waals surface area contributed by atoms with Crippen molar-refractivity contribution in [1.82, 2.24) is 10.6 Å². The van der Waals surface area contributed by atoms with E-state index in [1.807, 2.05) is 30.3 Å². The van der Waals surface area contributed by atoms with E-state index in [4.69, 9.17) is 27.9 Å². The highest BCUT2D eigenvalue weighted by Crippen LogP contribution is 2.20. The first kappa shape index (κ1) is 19.1. The monoisotopic (exact) mass is 380 g/mol. The lowest BCUT2D eigenvalue weighted by Crippen LogP contribution is -2.35. The van der Waals surface area contributed by atoms with Crippen LogP contribution in [0.4, 0.5) is 0 Å². The molecule has 2 rings (SSSR count). The maximum absolute atomic E-state index is 12.0. The van der Waals surface area contributed by atoms with Gasteiger partial charge in [-0.1, -0.05) is 41.4 Å². The third kappa shape index (κ3) is 6.64. The van der Waals surface area contributed by atoms with E-state index in [9.17, 15) is 9.59 Å². The van der Waals surface area contributed by atoms with Gasteiger partial charge in [-0.05, 0) is 30.3 Å². The molecule has 0 spiro atoms. The number of halogens is 2. The Hall–Kier alpha value is -2.24. The maximum atomic E-state index is 12.0. The van der Waals surface area contributed by atoms with Gasteiger partial charge in [0.1, 0.15) is 5.75 Å². The summed E-state index contributed by atoms with van der Waals surface area (Å²) in [4.78, 5) is 23.7. The van der Waals surface area contributed by atoms with Gasteiger partial charge in [0.25, 0.3) is 5.91 Å². The van der Waals surface area contributed by atoms with Crippen LogP contribution >= 0.6 is 23.2 Å². The number of ether oxygens (including phenoxy) is 1. The maximum Gasteiger partial charge on any atom is 0.252 e. The lowest BCUT2D eigenvalue weighted by atomic mass is 10.2. The van der Waals surface area contributed by atoms with Crippen molar-refractivity contribution >= 4 is 35.0 Å². The Morgan fingerprint density at radius 1 is 0.960 bits per heavy atom. The highest BCUT2D eigenvalue weighted by Gasteiger charge is 2.10. The predicted octanol–water partition coefficient (Wildman–Crippen LogP) is 3.31. The fraction of sp³-hybridized carbons (Fsp3) is 0.222. The van der Waals surface area contributed by atoms with Gasteiger partial charge in [-0.3, -0.25) is 9.59 Å². The van der Waals surface area contributed by atoms with Crippen molar-refractivity contribution in [3.8, 4) is 5.75 Å². The molecule has 0 fully saturated rings. The molecule has 0 radical (unpaired) electrons. The van der Waals surface area contributed by atoms with E-state index in [-0.39, 0.29) is 24.8 Å². The molecule has 25 heavy (non-hydrogen) atoms. The summed E-state index contributed by atoms with van der Waals surface area (Å²) in [6.45, 7) is 0.890. The molecule has 0 aromatic heterocycles. The number of hydrogen-bond acceptors (Lipinski definition) is 3. The predicted molar refractivity (Wildman–Crippen MR) is 98.4 cm³/mol. The van der Waals surface area contributed by atoms with Crippen LogP contribution in [0.15, 0.2) is 48.5 Å². The Labute approximate surface area is 156 Å². The third-order valence-electron chi connectivity index (χ3n) is 3.25. The van der Waals surface area contributed by atoms with Crippen LogP contribution in [0.2, 0.25) is 10.0 Å². The molecule has 0 saturated carbocycles. The van der Waals surface area contributed by atoms with Gasteiger partial charge in [-0.2, -0.15) is 0 Å². The minimum atomic E-state index is -0.339. The molecule has 0 aliphatic carbocycles. The molecule has 2 aromatic rings. The summed E-state index contributed by atoms with van der Waals surface area (Å²) in [5, 5.41) is 6.14. The highest BCUT2D eigenvalue weighted by molar-refractivity contribution is 6.35. The van der Waals surface area contributed by atoms with Gasteiger partial charge < -0.3 is 15.4 Å². The molecule has 2 aromatic carbocycles. The largest absolute Gasteiger partial charge is 0.493 e. The van der Waals surface area contributed by atoms with Gasteiger partial charge in [0.05, 0.1) is 23.6 Å². The molecule has 0 bridgehead atoms. The Bertz CT molecular complexity index is 724. The van der Waals surface area contributed by atoms with E-state index in [1.54, 1.807) is 12.1 Å². The summed E-state index contributed by atoms with van der Waals surface area (Å²) in [6, 6.07) is 14.0. The summed E-state index contributed by atoms with van der Waals surface area (Å²) >= 11 is 11.8. The van der Waals surface area contributed by atoms with Crippen LogP contribution in [0.1, 0.15) is 16.8 Å². The quantitative estimate of drug-likeness (QED) is 0.690. The molecule has 2 amide bonds. The van der Waals surface area contributed by atoms with Gasteiger partial charge in [-0.25, -0.2) is 0 Å². The topological polar surface area (TPSA) is 67.4 Å². The molecule has 5 nitrogen and oxygen atoms in total. The van der Waals surface area contributed by atoms with Crippen molar-refractivity contribution in [2.24, 2.45) is 0 Å². The van der Waals surface area contributed by atoms with Gasteiger partial charge in [0.15, 0.2) is 0 Å². The highest BCUT2D eigenvalue weighted by atomic mass is 35.5. The zero-order chi connectivity index (χ0) is 18.1. The van der Waals surface area contributed by atoms with Crippen LogP contribution in [0.5, 0.6) is 5.75 Å². The van der Waals surface area contributed by atoms with Crippen molar-refractivity contribution in [3.63, 3.8) is 0 Å². The van der Waals surface area contributed by atoms with Gasteiger partial charge in [-0.15, -0.1) is 0 Å². The zero-order valence-corrected chi connectivity index (χ0v) is 14.9. The molecule has 0 aliphatic rings. The van der Waals surface area contributed by atoms with Crippen LogP contribution in [0.25, 0.3) is 0 Å². The van der Waals surface area contributed by atoms with E-state index in [1.165, 1.54) is 6.07 Å². The molecule has 7 heteroatoms. The number of hydrogen-bond donors (Lipinski definition) is 2. The van der Waals surface area contributed by atoms with E-state index in [0.29, 0.717) is 28.8 Å². The summed E-state index contributed by atoms with van der Waals surface area (Å²) in [5.41, 5.74) is 0.303. The minimum Gasteiger partial charge on any atom is -0.493 e. The van der Waals surface area contributed by atoms with E-state index in [0.717, 1.165) is 5.75 Å². The Balaban J connectivity index is 1.62. The van der Waals surface area contributed by atoms with E-state index < -0.39 is 0 Å². The summed E-state index contributed by atoms with van der Waals surface area (Å²) in [7, 11) is 0. The summed E-state index contributed by atoms with van der Waals surface area (Å²) in [5.74, 6) is 0.237. The summed E-state index contributed by atoms with van der Waals surface area (Å²) in [6.07, 6.45) is 0.239. The second-order valence-electron chi connectivity index (χ2n) is 5.14. The summed E-state index contributed by atoms with van der Waals surface area (Å²) < 4.78 is 5.45. The average Bonchev–Trinajstić information content (AvgIpc) is 2.61. The van der Waals surface area contributed by atoms with Crippen molar-refractivity contribution in [2.45, 2.75) is 6.42 Å². The first-order chi connectivity index (χ1) is 12.1. The second-order valence-corrected chi connectivity index (χ2v) is 5.99. The van der Waals surface area contributed by atoms with Gasteiger partial charge in [0.2, 0.25) is 5.91 Å². The average molecular weight is 381 g/mol. The molecule has 2 N–H and O–H groups in total. The molecular weight excluding hydrogens is 363 g/mol. The van der Waals surface area contributed by atoms with Crippen molar-refractivity contribution in [1.29, 1.82) is 0 Å². The molecule has 132 valence electrons. The Morgan fingerprint density at radius 3 is 2.44 bits per heavy atom. The van der Waals surface area contributed by atoms with Crippen LogP contribution in [0.3, 0.4) is 0 Å². The van der Waals surface area contributed by atoms with Gasteiger partial charge in [0, 0.05) is 18.1 Å². The number of nitrogens with one attached hydrogen (secondary N) is 2. The SMILES string of the molecule is O=C(CCOc1ccccc1)NCCNC(=O)c1cc(Cl)ccc1Cl. The zero-order valence-electron chi connectivity index (χ0n) is 13.4. The van der Waals surface area contributed by atoms with Crippen molar-refractivity contribution in [3.05, 3.63) is 64.1 Å². The Kier molecular flexibility index (Phi) is 7.57. The normalized spacial score (nSPS) is 10.2. The minimum absolute atomic E-state index is 0.147. The fourth-order valence-electron chi connectivity index (χ4n) is 2.01. The number of benzene rings is 2. The lowest BCUT2D eigenvalue weighted by Gasteiger charge is -2.09. The molecule has 0 aliphatic heterocycles. The first-order valence-electron chi connectivity index (χ1n) is 7.74. The van der Waals surface area contributed by atoms with Crippen LogP contribution < -0.4 is 15.4 Å². The number of rotatable bonds is 8. The van der Waals surface area contributed by atoms with Crippen molar-refractivity contribution in [2.75, 3.05) is 19.7 Å². The second kappa shape index (κ2) is 9.91. The van der Waals surface area contributed by atoms with Gasteiger partial charge >= 0.3 is 0 Å². The van der Waals surface area contributed by atoms with Crippen LogP contribution in [-0.2, 0) is 4.79 Å². The van der Waals surface area contributed by atoms with Crippen molar-refractivity contribution < 1.29 is 14.3 Å². The van der Waals surface area contributed by atoms with E-state index >= 15 is 0 Å². The van der Waals surface area contributed by atoms with Crippen LogP contribution in [-0.4, -0.2) is 31.5 Å². The molecule has 0 heterocycles. The first-order valence-corrected chi connectivity index (χ1v) is 8.49. The Morgan fingerprint density at radius 2 is 1.68 bits per heavy atom. The number of carbonyl (C=O) groups is 2. The molecule has 0 saturated heterocycles. The van der Waals surface area contributed by atoms with Crippen LogP contribution in [0, 0.1) is 0 Å². The number of para-hydroxylation sites is 1. The smallest absolute Gasteiger partial charge is 0.252 e.